The van der Waals surface area contributed by atoms with Gasteiger partial charge in [0, 0.05) is 40.0 Å². The van der Waals surface area contributed by atoms with E-state index in [0.29, 0.717) is 5.92 Å². The quantitative estimate of drug-likeness (QED) is 0.121. The number of benzene rings is 10. The van der Waals surface area contributed by atoms with Crippen LogP contribution in [0.5, 0.6) is 0 Å². The van der Waals surface area contributed by atoms with Gasteiger partial charge in [-0.05, 0) is 140 Å². The summed E-state index contributed by atoms with van der Waals surface area (Å²) in [5.41, 5.74) is 19.9. The summed E-state index contributed by atoms with van der Waals surface area (Å²) in [4.78, 5) is 4.69. The van der Waals surface area contributed by atoms with Crippen LogP contribution in [0.25, 0.3) is 55.6 Å². The zero-order valence-electron chi connectivity index (χ0n) is 37.8. The van der Waals surface area contributed by atoms with E-state index in [4.69, 9.17) is 0 Å². The van der Waals surface area contributed by atoms with Gasteiger partial charge in [0.25, 0.3) is 0 Å². The minimum absolute atomic E-state index is 0.409. The lowest BCUT2D eigenvalue weighted by atomic mass is 9.92. The van der Waals surface area contributed by atoms with Crippen molar-refractivity contribution in [3.8, 4) is 55.6 Å². The topological polar surface area (TPSA) is 6.48 Å². The van der Waals surface area contributed by atoms with Gasteiger partial charge in [0.1, 0.15) is 0 Å². The third-order valence-electron chi connectivity index (χ3n) is 13.1. The maximum atomic E-state index is 2.35. The Morgan fingerprint density at radius 3 is 0.721 bits per heavy atom. The van der Waals surface area contributed by atoms with Crippen molar-refractivity contribution < 1.29 is 0 Å². The van der Waals surface area contributed by atoms with Gasteiger partial charge in [-0.1, -0.05) is 212 Å². The molecule has 0 radical (unpaired) electrons. The standard InChI is InChI=1S/C66H50N2/c1-5-13-49(14-6-1)55-25-37-61(38-26-55)67(62-39-27-56(28-40-62)50-15-7-2-8-16-50)65-45-33-59(34-46-65)53-21-23-54(24-22-53)60-35-47-66(48-36-60)68(63-41-29-57(30-42-63)51-17-9-3-10-18-51)64-43-31-58(32-44-64)52-19-11-4-12-20-52/h1-19,21-48,52H,20H2. The van der Waals surface area contributed by atoms with Crippen molar-refractivity contribution in [2.24, 2.45) is 0 Å². The highest BCUT2D eigenvalue weighted by Crippen LogP contribution is 2.40. The number of hydrogen-bond acceptors (Lipinski definition) is 2. The average molecular weight is 871 g/mol. The van der Waals surface area contributed by atoms with E-state index in [0.717, 1.165) is 40.5 Å². The van der Waals surface area contributed by atoms with Crippen LogP contribution in [0, 0.1) is 0 Å². The maximum absolute atomic E-state index is 2.35. The van der Waals surface area contributed by atoms with Gasteiger partial charge in [-0.2, -0.15) is 0 Å². The lowest BCUT2D eigenvalue weighted by molar-refractivity contribution is 0.854. The van der Waals surface area contributed by atoms with Crippen molar-refractivity contribution in [1.29, 1.82) is 0 Å². The molecular formula is C66H50N2. The number of hydrogen-bond donors (Lipinski definition) is 0. The molecular weight excluding hydrogens is 821 g/mol. The molecule has 0 fully saturated rings. The van der Waals surface area contributed by atoms with E-state index in [9.17, 15) is 0 Å². The summed E-state index contributed by atoms with van der Waals surface area (Å²) in [7, 11) is 0. The Morgan fingerprint density at radius 1 is 0.235 bits per heavy atom. The highest BCUT2D eigenvalue weighted by atomic mass is 15.1. The van der Waals surface area contributed by atoms with Crippen LogP contribution in [-0.2, 0) is 0 Å². The zero-order chi connectivity index (χ0) is 45.5. The van der Waals surface area contributed by atoms with Crippen LogP contribution >= 0.6 is 0 Å². The predicted octanol–water partition coefficient (Wildman–Crippen LogP) is 18.6. The van der Waals surface area contributed by atoms with E-state index < -0.39 is 0 Å². The van der Waals surface area contributed by atoms with Crippen molar-refractivity contribution in [3.05, 3.63) is 291 Å². The van der Waals surface area contributed by atoms with Crippen molar-refractivity contribution >= 4 is 34.1 Å². The van der Waals surface area contributed by atoms with Crippen LogP contribution in [0.4, 0.5) is 34.1 Å². The summed E-state index contributed by atoms with van der Waals surface area (Å²) < 4.78 is 0. The summed E-state index contributed by atoms with van der Waals surface area (Å²) in [5.74, 6) is 0.409. The molecule has 2 heteroatoms. The molecule has 0 spiro atoms. The number of nitrogens with zero attached hydrogens (tertiary/aromatic N) is 2. The Kier molecular flexibility index (Phi) is 12.0. The molecule has 1 aliphatic rings. The minimum atomic E-state index is 0.409. The molecule has 1 unspecified atom stereocenters. The fourth-order valence-electron chi connectivity index (χ4n) is 9.35. The smallest absolute Gasteiger partial charge is 0.0462 e. The molecule has 0 aromatic heterocycles. The van der Waals surface area contributed by atoms with Gasteiger partial charge in [-0.25, -0.2) is 0 Å². The van der Waals surface area contributed by atoms with E-state index in [-0.39, 0.29) is 0 Å². The number of anilines is 6. The van der Waals surface area contributed by atoms with Crippen molar-refractivity contribution in [1.82, 2.24) is 0 Å². The summed E-state index contributed by atoms with van der Waals surface area (Å²) >= 11 is 0. The van der Waals surface area contributed by atoms with Gasteiger partial charge in [-0.15, -0.1) is 0 Å². The van der Waals surface area contributed by atoms with Gasteiger partial charge in [0.15, 0.2) is 0 Å². The Labute approximate surface area is 400 Å². The first-order valence-corrected chi connectivity index (χ1v) is 23.5. The van der Waals surface area contributed by atoms with Gasteiger partial charge in [-0.3, -0.25) is 0 Å². The normalized spacial score (nSPS) is 13.0. The molecule has 0 saturated carbocycles. The third kappa shape index (κ3) is 9.09. The maximum Gasteiger partial charge on any atom is 0.0462 e. The Hall–Kier alpha value is -8.72. The number of allylic oxidation sites excluding steroid dienone is 4. The van der Waals surface area contributed by atoms with E-state index in [1.807, 2.05) is 0 Å². The van der Waals surface area contributed by atoms with Crippen LogP contribution in [0.1, 0.15) is 17.9 Å². The predicted molar refractivity (Wildman–Crippen MR) is 289 cm³/mol. The zero-order valence-corrected chi connectivity index (χ0v) is 37.8. The summed E-state index contributed by atoms with van der Waals surface area (Å²) in [6.07, 6.45) is 9.87. The second kappa shape index (κ2) is 19.4. The Morgan fingerprint density at radius 2 is 0.471 bits per heavy atom. The van der Waals surface area contributed by atoms with Crippen LogP contribution in [-0.4, -0.2) is 0 Å². The molecule has 0 amide bonds. The van der Waals surface area contributed by atoms with E-state index >= 15 is 0 Å². The summed E-state index contributed by atoms with van der Waals surface area (Å²) in [6, 6.07) is 94.3. The molecule has 10 aromatic rings. The SMILES string of the molecule is C1=CCC(c2ccc(N(c3ccc(-c4ccccc4)cc3)c3ccc(-c4ccc(-c5ccc(N(c6ccc(-c7ccccc7)cc6)c6ccc(-c7ccccc7)cc6)cc5)cc4)cc3)cc2)C=C1. The van der Waals surface area contributed by atoms with Crippen LogP contribution in [0.2, 0.25) is 0 Å². The number of rotatable bonds is 12. The van der Waals surface area contributed by atoms with Crippen LogP contribution in [0.3, 0.4) is 0 Å². The summed E-state index contributed by atoms with van der Waals surface area (Å²) in [6.45, 7) is 0. The molecule has 2 nitrogen and oxygen atoms in total. The van der Waals surface area contributed by atoms with Crippen LogP contribution in [0.15, 0.2) is 285 Å². The molecule has 0 heterocycles. The highest BCUT2D eigenvalue weighted by Gasteiger charge is 2.17. The van der Waals surface area contributed by atoms with Gasteiger partial charge in [0.2, 0.25) is 0 Å². The lowest BCUT2D eigenvalue weighted by Crippen LogP contribution is -2.10. The van der Waals surface area contributed by atoms with Crippen molar-refractivity contribution in [2.75, 3.05) is 9.80 Å². The molecule has 0 N–H and O–H groups in total. The second-order valence-corrected chi connectivity index (χ2v) is 17.3. The largest absolute Gasteiger partial charge is 0.311 e. The van der Waals surface area contributed by atoms with Crippen molar-refractivity contribution in [3.63, 3.8) is 0 Å². The highest BCUT2D eigenvalue weighted by molar-refractivity contribution is 5.83. The summed E-state index contributed by atoms with van der Waals surface area (Å²) in [5, 5.41) is 0. The first-order chi connectivity index (χ1) is 33.7. The Balaban J connectivity index is 0.848. The molecule has 11 rings (SSSR count). The lowest BCUT2D eigenvalue weighted by Gasteiger charge is -2.26. The molecule has 1 atom stereocenters. The molecule has 68 heavy (non-hydrogen) atoms. The van der Waals surface area contributed by atoms with Gasteiger partial charge >= 0.3 is 0 Å². The van der Waals surface area contributed by atoms with Crippen LogP contribution < -0.4 is 9.80 Å². The first-order valence-electron chi connectivity index (χ1n) is 23.5. The molecule has 1 aliphatic carbocycles. The fraction of sp³-hybridized carbons (Fsp3) is 0.0303. The van der Waals surface area contributed by atoms with E-state index in [2.05, 4.69) is 295 Å². The molecule has 0 aliphatic heterocycles. The van der Waals surface area contributed by atoms with Gasteiger partial charge < -0.3 is 9.80 Å². The molecule has 0 saturated heterocycles. The fourth-order valence-corrected chi connectivity index (χ4v) is 9.35. The van der Waals surface area contributed by atoms with E-state index in [1.165, 1.54) is 61.2 Å². The van der Waals surface area contributed by atoms with Gasteiger partial charge in [0.05, 0.1) is 0 Å². The van der Waals surface area contributed by atoms with Crippen molar-refractivity contribution in [2.45, 2.75) is 12.3 Å². The van der Waals surface area contributed by atoms with E-state index in [1.54, 1.807) is 0 Å². The second-order valence-electron chi connectivity index (χ2n) is 17.3. The third-order valence-corrected chi connectivity index (χ3v) is 13.1. The molecule has 0 bridgehead atoms. The average Bonchev–Trinajstić information content (AvgIpc) is 3.43. The minimum Gasteiger partial charge on any atom is -0.311 e. The monoisotopic (exact) mass is 870 g/mol. The molecule has 324 valence electrons. The molecule has 10 aromatic carbocycles. The Bertz CT molecular complexity index is 3180. The first kappa shape index (κ1) is 41.9.